The van der Waals surface area contributed by atoms with Crippen LogP contribution in [0.5, 0.6) is 0 Å². The highest BCUT2D eigenvalue weighted by Gasteiger charge is 2.46. The van der Waals surface area contributed by atoms with Gasteiger partial charge in [-0.25, -0.2) is 0 Å². The van der Waals surface area contributed by atoms with Gasteiger partial charge in [0.1, 0.15) is 4.84 Å². The second kappa shape index (κ2) is 3.94. The average Bonchev–Trinajstić information content (AvgIpc) is 2.42. The lowest BCUT2D eigenvalue weighted by Crippen LogP contribution is -2.37. The first-order chi connectivity index (χ1) is 7.47. The van der Waals surface area contributed by atoms with E-state index in [0.717, 1.165) is 11.3 Å². The molecule has 0 saturated carbocycles. The molecule has 0 N–H and O–H groups in total. The summed E-state index contributed by atoms with van der Waals surface area (Å²) in [5, 5.41) is 0. The van der Waals surface area contributed by atoms with E-state index in [0.29, 0.717) is 6.42 Å². The maximum Gasteiger partial charge on any atom is 0.237 e. The van der Waals surface area contributed by atoms with Gasteiger partial charge >= 0.3 is 0 Å². The van der Waals surface area contributed by atoms with Gasteiger partial charge in [-0.1, -0.05) is 18.2 Å². The number of amides is 1. The Labute approximate surface area is 105 Å². The Hall–Kier alpha value is -0.730. The van der Waals surface area contributed by atoms with E-state index in [1.54, 1.807) is 11.9 Å². The first kappa shape index (κ1) is 11.7. The molecule has 1 heterocycles. The molecule has 1 aliphatic heterocycles. The zero-order valence-corrected chi connectivity index (χ0v) is 10.7. The third kappa shape index (κ3) is 1.61. The van der Waals surface area contributed by atoms with E-state index in [-0.39, 0.29) is 5.91 Å². The fourth-order valence-electron chi connectivity index (χ4n) is 2.33. The average molecular weight is 258 g/mol. The number of halogens is 2. The molecule has 1 aromatic carbocycles. The highest BCUT2D eigenvalue weighted by molar-refractivity contribution is 6.44. The number of likely N-dealkylation sites (N-methyl/N-ethyl adjacent to an activating group) is 1. The maximum absolute atomic E-state index is 12.2. The van der Waals surface area contributed by atoms with Crippen molar-refractivity contribution in [1.29, 1.82) is 0 Å². The molecule has 0 spiro atoms. The van der Waals surface area contributed by atoms with Gasteiger partial charge in [0.05, 0.1) is 5.41 Å². The molecule has 4 heteroatoms. The monoisotopic (exact) mass is 257 g/mol. The molecular formula is C12H13Cl2NO. The van der Waals surface area contributed by atoms with Crippen LogP contribution in [-0.2, 0) is 10.2 Å². The number of carbonyl (C=O) groups excluding carboxylic acids is 1. The van der Waals surface area contributed by atoms with Gasteiger partial charge in [0.2, 0.25) is 5.91 Å². The summed E-state index contributed by atoms with van der Waals surface area (Å²) in [5.41, 5.74) is 1.36. The molecule has 2 nitrogen and oxygen atoms in total. The lowest BCUT2D eigenvalue weighted by atomic mass is 9.81. The van der Waals surface area contributed by atoms with Gasteiger partial charge in [-0.05, 0) is 25.0 Å². The molecule has 1 aliphatic rings. The van der Waals surface area contributed by atoms with E-state index in [4.69, 9.17) is 23.2 Å². The largest absolute Gasteiger partial charge is 0.314 e. The number of hydrogen-bond acceptors (Lipinski definition) is 1. The Morgan fingerprint density at radius 2 is 2.00 bits per heavy atom. The van der Waals surface area contributed by atoms with E-state index < -0.39 is 10.3 Å². The lowest BCUT2D eigenvalue weighted by Gasteiger charge is -2.23. The Morgan fingerprint density at radius 1 is 1.38 bits per heavy atom. The summed E-state index contributed by atoms with van der Waals surface area (Å²) in [4.78, 5) is 13.4. The first-order valence-electron chi connectivity index (χ1n) is 5.12. The van der Waals surface area contributed by atoms with Crippen LogP contribution in [0.3, 0.4) is 0 Å². The number of fused-ring (bicyclic) bond motifs is 1. The third-order valence-electron chi connectivity index (χ3n) is 3.20. The third-order valence-corrected chi connectivity index (χ3v) is 3.51. The van der Waals surface area contributed by atoms with Crippen LogP contribution in [0, 0.1) is 0 Å². The topological polar surface area (TPSA) is 20.3 Å². The molecule has 2 rings (SSSR count). The minimum atomic E-state index is -0.598. The summed E-state index contributed by atoms with van der Waals surface area (Å²) in [5.74, 6) is 0.0556. The molecule has 0 radical (unpaired) electrons. The van der Waals surface area contributed by atoms with Crippen molar-refractivity contribution in [2.45, 2.75) is 23.6 Å². The number of carbonyl (C=O) groups is 1. The predicted octanol–water partition coefficient (Wildman–Crippen LogP) is 3.11. The Kier molecular flexibility index (Phi) is 2.89. The molecule has 16 heavy (non-hydrogen) atoms. The number of anilines is 1. The first-order valence-corrected chi connectivity index (χ1v) is 6.00. The quantitative estimate of drug-likeness (QED) is 0.746. The van der Waals surface area contributed by atoms with Crippen LogP contribution in [0.15, 0.2) is 24.3 Å². The zero-order valence-electron chi connectivity index (χ0n) is 9.21. The fraction of sp³-hybridized carbons (Fsp3) is 0.417. The summed E-state index contributed by atoms with van der Waals surface area (Å²) in [7, 11) is 1.78. The van der Waals surface area contributed by atoms with Crippen molar-refractivity contribution < 1.29 is 4.79 Å². The minimum absolute atomic E-state index is 0.0556. The van der Waals surface area contributed by atoms with Crippen molar-refractivity contribution in [3.63, 3.8) is 0 Å². The molecule has 0 aromatic heterocycles. The van der Waals surface area contributed by atoms with Crippen molar-refractivity contribution in [3.05, 3.63) is 29.8 Å². The molecule has 0 bridgehead atoms. The molecule has 0 aliphatic carbocycles. The van der Waals surface area contributed by atoms with Crippen molar-refractivity contribution in [2.24, 2.45) is 0 Å². The molecule has 0 saturated heterocycles. The van der Waals surface area contributed by atoms with E-state index in [9.17, 15) is 4.79 Å². The molecule has 1 amide bonds. The van der Waals surface area contributed by atoms with Crippen LogP contribution in [0.1, 0.15) is 18.9 Å². The highest BCUT2D eigenvalue weighted by atomic mass is 35.5. The Morgan fingerprint density at radius 3 is 2.62 bits per heavy atom. The standard InChI is InChI=1S/C12H13Cl2NO/c1-12(7-10(13)14)8-5-3-4-6-9(8)15(2)11(12)16/h3-6,10H,7H2,1-2H3/t12-/m1/s1. The van der Waals surface area contributed by atoms with Crippen molar-refractivity contribution in [3.8, 4) is 0 Å². The van der Waals surface area contributed by atoms with Crippen LogP contribution in [0.25, 0.3) is 0 Å². The number of para-hydroxylation sites is 1. The number of rotatable bonds is 2. The number of alkyl halides is 2. The zero-order chi connectivity index (χ0) is 11.9. The molecule has 86 valence electrons. The van der Waals surface area contributed by atoms with E-state index in [1.165, 1.54) is 0 Å². The lowest BCUT2D eigenvalue weighted by molar-refractivity contribution is -0.122. The van der Waals surface area contributed by atoms with Gasteiger partial charge in [0.15, 0.2) is 0 Å². The number of benzene rings is 1. The molecule has 1 atom stereocenters. The Bertz CT molecular complexity index is 433. The smallest absolute Gasteiger partial charge is 0.237 e. The Balaban J connectivity index is 2.52. The summed E-state index contributed by atoms with van der Waals surface area (Å²) in [6.45, 7) is 1.90. The van der Waals surface area contributed by atoms with Crippen LogP contribution in [-0.4, -0.2) is 17.8 Å². The van der Waals surface area contributed by atoms with Crippen molar-refractivity contribution in [2.75, 3.05) is 11.9 Å². The van der Waals surface area contributed by atoms with E-state index in [2.05, 4.69) is 0 Å². The SMILES string of the molecule is CN1C(=O)[C@](C)(CC(Cl)Cl)c2ccccc21. The molecule has 1 aromatic rings. The van der Waals surface area contributed by atoms with Crippen LogP contribution >= 0.6 is 23.2 Å². The number of hydrogen-bond donors (Lipinski definition) is 0. The fourth-order valence-corrected chi connectivity index (χ4v) is 2.95. The summed E-state index contributed by atoms with van der Waals surface area (Å²) in [6, 6.07) is 7.76. The van der Waals surface area contributed by atoms with Crippen LogP contribution < -0.4 is 4.90 Å². The molecule has 0 fully saturated rings. The van der Waals surface area contributed by atoms with Gasteiger partial charge in [0, 0.05) is 12.7 Å². The normalized spacial score (nSPS) is 24.1. The van der Waals surface area contributed by atoms with Gasteiger partial charge < -0.3 is 4.90 Å². The predicted molar refractivity (Wildman–Crippen MR) is 67.3 cm³/mol. The van der Waals surface area contributed by atoms with E-state index >= 15 is 0 Å². The minimum Gasteiger partial charge on any atom is -0.314 e. The number of nitrogens with zero attached hydrogens (tertiary/aromatic N) is 1. The van der Waals surface area contributed by atoms with E-state index in [1.807, 2.05) is 31.2 Å². The van der Waals surface area contributed by atoms with Crippen LogP contribution in [0.4, 0.5) is 5.69 Å². The van der Waals surface area contributed by atoms with Gasteiger partial charge in [-0.15, -0.1) is 23.2 Å². The van der Waals surface area contributed by atoms with Gasteiger partial charge in [-0.3, -0.25) is 4.79 Å². The summed E-state index contributed by atoms with van der Waals surface area (Å²) < 4.78 is 0. The summed E-state index contributed by atoms with van der Waals surface area (Å²) >= 11 is 11.6. The van der Waals surface area contributed by atoms with Crippen molar-refractivity contribution in [1.82, 2.24) is 0 Å². The van der Waals surface area contributed by atoms with Crippen LogP contribution in [0.2, 0.25) is 0 Å². The van der Waals surface area contributed by atoms with Gasteiger partial charge in [0.25, 0.3) is 0 Å². The maximum atomic E-state index is 12.2. The molecule has 0 unspecified atom stereocenters. The van der Waals surface area contributed by atoms with Gasteiger partial charge in [-0.2, -0.15) is 0 Å². The second-order valence-electron chi connectivity index (χ2n) is 4.31. The molecular weight excluding hydrogens is 245 g/mol. The van der Waals surface area contributed by atoms with Crippen molar-refractivity contribution >= 4 is 34.8 Å². The highest BCUT2D eigenvalue weighted by Crippen LogP contribution is 2.44. The second-order valence-corrected chi connectivity index (χ2v) is 5.59. The summed E-state index contributed by atoms with van der Waals surface area (Å²) in [6.07, 6.45) is 0.441.